The highest BCUT2D eigenvalue weighted by Crippen LogP contribution is 2.18. The molecule has 1 N–H and O–H groups in total. The zero-order valence-corrected chi connectivity index (χ0v) is 10.4. The van der Waals surface area contributed by atoms with Gasteiger partial charge in [-0.25, -0.2) is 0 Å². The minimum atomic E-state index is -0.647. The molecule has 0 saturated carbocycles. The maximum atomic E-state index is 12.3. The third-order valence-electron chi connectivity index (χ3n) is 3.02. The highest BCUT2D eigenvalue weighted by atomic mass is 35.5. The van der Waals surface area contributed by atoms with Gasteiger partial charge in [0.1, 0.15) is 0 Å². The number of nitrogens with zero attached hydrogens (tertiary/aromatic N) is 1. The third kappa shape index (κ3) is 2.79. The molecule has 3 nitrogen and oxygen atoms in total. The SMILES string of the molecule is O=C1c2ccccc2CCCN1CC(O)CCl. The normalized spacial score (nSPS) is 17.5. The van der Waals surface area contributed by atoms with Gasteiger partial charge in [0.05, 0.1) is 12.0 Å². The van der Waals surface area contributed by atoms with Crippen LogP contribution in [-0.2, 0) is 6.42 Å². The minimum Gasteiger partial charge on any atom is -0.390 e. The number of aliphatic hydroxyl groups excluding tert-OH is 1. The smallest absolute Gasteiger partial charge is 0.254 e. The van der Waals surface area contributed by atoms with Crippen molar-refractivity contribution < 1.29 is 9.90 Å². The second-order valence-electron chi connectivity index (χ2n) is 4.32. The molecule has 0 saturated heterocycles. The van der Waals surface area contributed by atoms with E-state index in [1.54, 1.807) is 4.90 Å². The van der Waals surface area contributed by atoms with Crippen LogP contribution in [0.25, 0.3) is 0 Å². The standard InChI is InChI=1S/C13H16ClNO2/c14-8-11(16)9-15-7-3-5-10-4-1-2-6-12(10)13(15)17/h1-2,4,6,11,16H,3,5,7-9H2. The molecule has 92 valence electrons. The zero-order valence-electron chi connectivity index (χ0n) is 9.60. The number of amides is 1. The van der Waals surface area contributed by atoms with Crippen molar-refractivity contribution in [2.24, 2.45) is 0 Å². The summed E-state index contributed by atoms with van der Waals surface area (Å²) in [5.74, 6) is 0.160. The predicted molar refractivity (Wildman–Crippen MR) is 67.4 cm³/mol. The highest BCUT2D eigenvalue weighted by Gasteiger charge is 2.23. The molecule has 1 aliphatic rings. The Morgan fingerprint density at radius 3 is 2.94 bits per heavy atom. The second-order valence-corrected chi connectivity index (χ2v) is 4.63. The lowest BCUT2D eigenvalue weighted by Gasteiger charge is -2.23. The molecular formula is C13H16ClNO2. The summed E-state index contributed by atoms with van der Waals surface area (Å²) < 4.78 is 0. The van der Waals surface area contributed by atoms with Gasteiger partial charge in [-0.1, -0.05) is 18.2 Å². The van der Waals surface area contributed by atoms with Gasteiger partial charge in [-0.2, -0.15) is 0 Å². The average Bonchev–Trinajstić information content (AvgIpc) is 2.51. The molecule has 0 aliphatic carbocycles. The molecule has 1 aromatic rings. The fourth-order valence-electron chi connectivity index (χ4n) is 2.16. The first-order valence-corrected chi connectivity index (χ1v) is 6.37. The summed E-state index contributed by atoms with van der Waals surface area (Å²) in [5, 5.41) is 9.54. The maximum absolute atomic E-state index is 12.3. The van der Waals surface area contributed by atoms with Crippen LogP contribution in [0.1, 0.15) is 22.3 Å². The summed E-state index contributed by atoms with van der Waals surface area (Å²) in [6.07, 6.45) is 1.19. The first-order valence-electron chi connectivity index (χ1n) is 5.83. The van der Waals surface area contributed by atoms with Crippen LogP contribution in [0.5, 0.6) is 0 Å². The summed E-state index contributed by atoms with van der Waals surface area (Å²) >= 11 is 5.57. The molecule has 1 atom stereocenters. The van der Waals surface area contributed by atoms with Gasteiger partial charge in [0.15, 0.2) is 0 Å². The van der Waals surface area contributed by atoms with Gasteiger partial charge in [-0.15, -0.1) is 11.6 Å². The Morgan fingerprint density at radius 1 is 1.41 bits per heavy atom. The van der Waals surface area contributed by atoms with Crippen LogP contribution in [0.2, 0.25) is 0 Å². The molecule has 0 radical (unpaired) electrons. The van der Waals surface area contributed by atoms with Crippen LogP contribution in [0.4, 0.5) is 0 Å². The van der Waals surface area contributed by atoms with Crippen LogP contribution in [0, 0.1) is 0 Å². The van der Waals surface area contributed by atoms with Crippen molar-refractivity contribution in [3.63, 3.8) is 0 Å². The van der Waals surface area contributed by atoms with E-state index in [-0.39, 0.29) is 11.8 Å². The quantitative estimate of drug-likeness (QED) is 0.833. The van der Waals surface area contributed by atoms with Crippen molar-refractivity contribution in [1.29, 1.82) is 0 Å². The van der Waals surface area contributed by atoms with Crippen LogP contribution in [-0.4, -0.2) is 41.0 Å². The van der Waals surface area contributed by atoms with E-state index < -0.39 is 6.10 Å². The second kappa shape index (κ2) is 5.52. The zero-order chi connectivity index (χ0) is 12.3. The van der Waals surface area contributed by atoms with Crippen molar-refractivity contribution in [3.05, 3.63) is 35.4 Å². The van der Waals surface area contributed by atoms with E-state index in [1.807, 2.05) is 24.3 Å². The lowest BCUT2D eigenvalue weighted by Crippen LogP contribution is -2.38. The number of aryl methyl sites for hydroxylation is 1. The van der Waals surface area contributed by atoms with Gasteiger partial charge in [0, 0.05) is 18.7 Å². The van der Waals surface area contributed by atoms with Gasteiger partial charge in [-0.05, 0) is 24.5 Å². The van der Waals surface area contributed by atoms with Gasteiger partial charge >= 0.3 is 0 Å². The molecular weight excluding hydrogens is 238 g/mol. The molecule has 2 rings (SSSR count). The van der Waals surface area contributed by atoms with Crippen molar-refractivity contribution in [2.45, 2.75) is 18.9 Å². The number of rotatable bonds is 3. The average molecular weight is 254 g/mol. The number of benzene rings is 1. The largest absolute Gasteiger partial charge is 0.390 e. The fourth-order valence-corrected chi connectivity index (χ4v) is 2.25. The Hall–Kier alpha value is -1.06. The molecule has 17 heavy (non-hydrogen) atoms. The molecule has 4 heteroatoms. The van der Waals surface area contributed by atoms with E-state index in [0.29, 0.717) is 13.1 Å². The third-order valence-corrected chi connectivity index (χ3v) is 3.37. The summed E-state index contributed by atoms with van der Waals surface area (Å²) in [6, 6.07) is 7.67. The van der Waals surface area contributed by atoms with E-state index in [2.05, 4.69) is 0 Å². The van der Waals surface area contributed by atoms with Gasteiger partial charge in [-0.3, -0.25) is 4.79 Å². The molecule has 0 fully saturated rings. The van der Waals surface area contributed by atoms with Crippen molar-refractivity contribution >= 4 is 17.5 Å². The molecule has 0 aromatic heterocycles. The molecule has 1 aromatic carbocycles. The Bertz CT molecular complexity index is 408. The van der Waals surface area contributed by atoms with Crippen LogP contribution >= 0.6 is 11.6 Å². The molecule has 0 bridgehead atoms. The molecule has 1 amide bonds. The van der Waals surface area contributed by atoms with Crippen molar-refractivity contribution in [1.82, 2.24) is 4.90 Å². The van der Waals surface area contributed by atoms with Crippen LogP contribution in [0.15, 0.2) is 24.3 Å². The summed E-state index contributed by atoms with van der Waals surface area (Å²) in [5.41, 5.74) is 1.85. The number of hydrogen-bond donors (Lipinski definition) is 1. The first-order chi connectivity index (χ1) is 8.22. The molecule has 1 aliphatic heterocycles. The van der Waals surface area contributed by atoms with E-state index in [4.69, 9.17) is 11.6 Å². The number of fused-ring (bicyclic) bond motifs is 1. The Labute approximate surface area is 106 Å². The van der Waals surface area contributed by atoms with Gasteiger partial charge in [0.25, 0.3) is 5.91 Å². The molecule has 1 unspecified atom stereocenters. The highest BCUT2D eigenvalue weighted by molar-refractivity contribution is 6.18. The maximum Gasteiger partial charge on any atom is 0.254 e. The number of alkyl halides is 1. The number of aliphatic hydroxyl groups is 1. The monoisotopic (exact) mass is 253 g/mol. The number of β-amino-alcohol motifs (C(OH)–C–C–N with tert-alkyl or cyclic N) is 1. The number of carbonyl (C=O) groups is 1. The van der Waals surface area contributed by atoms with E-state index in [9.17, 15) is 9.90 Å². The van der Waals surface area contributed by atoms with Crippen molar-refractivity contribution in [2.75, 3.05) is 19.0 Å². The predicted octanol–water partition coefficient (Wildman–Crippen LogP) is 1.67. The summed E-state index contributed by atoms with van der Waals surface area (Å²) in [7, 11) is 0. The van der Waals surface area contributed by atoms with Crippen LogP contribution < -0.4 is 0 Å². The Balaban J connectivity index is 2.20. The lowest BCUT2D eigenvalue weighted by molar-refractivity contribution is 0.0658. The molecule has 0 spiro atoms. The summed E-state index contributed by atoms with van der Waals surface area (Å²) in [6.45, 7) is 0.998. The fraction of sp³-hybridized carbons (Fsp3) is 0.462. The minimum absolute atomic E-state index is 0.00210. The number of carbonyl (C=O) groups excluding carboxylic acids is 1. The van der Waals surface area contributed by atoms with Gasteiger partial charge in [0.2, 0.25) is 0 Å². The topological polar surface area (TPSA) is 40.5 Å². The van der Waals surface area contributed by atoms with Gasteiger partial charge < -0.3 is 10.0 Å². The lowest BCUT2D eigenvalue weighted by atomic mass is 10.0. The molecule has 1 heterocycles. The Kier molecular flexibility index (Phi) is 4.02. The van der Waals surface area contributed by atoms with E-state index in [0.717, 1.165) is 24.0 Å². The Morgan fingerprint density at radius 2 is 2.18 bits per heavy atom. The van der Waals surface area contributed by atoms with Crippen LogP contribution in [0.3, 0.4) is 0 Å². The number of hydrogen-bond acceptors (Lipinski definition) is 2. The van der Waals surface area contributed by atoms with E-state index >= 15 is 0 Å². The first kappa shape index (κ1) is 12.4. The number of halogens is 1. The van der Waals surface area contributed by atoms with Crippen molar-refractivity contribution in [3.8, 4) is 0 Å². The van der Waals surface area contributed by atoms with E-state index in [1.165, 1.54) is 0 Å². The summed E-state index contributed by atoms with van der Waals surface area (Å²) in [4.78, 5) is 14.0.